The van der Waals surface area contributed by atoms with Gasteiger partial charge in [-0.05, 0) is 57.6 Å². The Morgan fingerprint density at radius 1 is 1.30 bits per heavy atom. The minimum absolute atomic E-state index is 0.312. The lowest BCUT2D eigenvalue weighted by molar-refractivity contribution is -0.0384. The van der Waals surface area contributed by atoms with Gasteiger partial charge in [0.05, 0.1) is 24.4 Å². The van der Waals surface area contributed by atoms with E-state index >= 15 is 0 Å². The maximum absolute atomic E-state index is 12.6. The first kappa shape index (κ1) is 19.8. The van der Waals surface area contributed by atoms with Crippen LogP contribution in [-0.2, 0) is 22.5 Å². The molecule has 1 aromatic heterocycles. The molecule has 0 atom stereocenters. The Morgan fingerprint density at radius 3 is 2.67 bits per heavy atom. The largest absolute Gasteiger partial charge is 0.462 e. The fourth-order valence-corrected chi connectivity index (χ4v) is 4.37. The molecule has 0 saturated heterocycles. The molecule has 1 aliphatic heterocycles. The van der Waals surface area contributed by atoms with Gasteiger partial charge in [-0.2, -0.15) is 0 Å². The second-order valence-electron chi connectivity index (χ2n) is 7.10. The van der Waals surface area contributed by atoms with Crippen molar-refractivity contribution in [3.05, 3.63) is 45.8 Å². The van der Waals surface area contributed by atoms with E-state index in [4.69, 9.17) is 21.7 Å². The Labute approximate surface area is 169 Å². The number of carbonyl (C=O) groups excluding carboxylic acids is 1. The number of rotatable bonds is 4. The number of carbonyl (C=O) groups is 1. The second kappa shape index (κ2) is 7.96. The Morgan fingerprint density at radius 2 is 2.00 bits per heavy atom. The molecule has 0 spiro atoms. The lowest BCUT2D eigenvalue weighted by Gasteiger charge is -2.30. The molecule has 0 amide bonds. The monoisotopic (exact) mass is 404 g/mol. The maximum Gasteiger partial charge on any atom is 0.341 e. The number of benzene rings is 1. The van der Waals surface area contributed by atoms with Crippen molar-refractivity contribution in [3.8, 4) is 0 Å². The van der Waals surface area contributed by atoms with Gasteiger partial charge in [0.15, 0.2) is 5.11 Å². The van der Waals surface area contributed by atoms with Gasteiger partial charge >= 0.3 is 5.97 Å². The van der Waals surface area contributed by atoms with Gasteiger partial charge in [-0.25, -0.2) is 4.79 Å². The highest BCUT2D eigenvalue weighted by atomic mass is 32.1. The molecule has 0 radical (unpaired) electrons. The number of fused-ring (bicyclic) bond motifs is 1. The minimum atomic E-state index is -0.326. The number of nitrogens with one attached hydrogen (secondary N) is 2. The summed E-state index contributed by atoms with van der Waals surface area (Å²) in [6.45, 7) is 8.71. The molecule has 2 heterocycles. The average Bonchev–Trinajstić information content (AvgIpc) is 2.93. The fourth-order valence-electron chi connectivity index (χ4n) is 2.96. The summed E-state index contributed by atoms with van der Waals surface area (Å²) in [6, 6.07) is 7.95. The molecule has 1 aliphatic rings. The number of esters is 1. The van der Waals surface area contributed by atoms with E-state index in [1.165, 1.54) is 16.9 Å². The average molecular weight is 405 g/mol. The molecule has 2 N–H and O–H groups in total. The number of ether oxygens (including phenoxy) is 2. The summed E-state index contributed by atoms with van der Waals surface area (Å²) < 4.78 is 11.2. The molecule has 2 aromatic rings. The minimum Gasteiger partial charge on any atom is -0.462 e. The highest BCUT2D eigenvalue weighted by Crippen LogP contribution is 2.40. The van der Waals surface area contributed by atoms with Crippen molar-refractivity contribution < 1.29 is 14.3 Å². The lowest BCUT2D eigenvalue weighted by Crippen LogP contribution is -2.32. The van der Waals surface area contributed by atoms with Crippen LogP contribution in [0.15, 0.2) is 24.3 Å². The summed E-state index contributed by atoms with van der Waals surface area (Å²) in [7, 11) is 0. The second-order valence-corrected chi connectivity index (χ2v) is 8.61. The smallest absolute Gasteiger partial charge is 0.341 e. The van der Waals surface area contributed by atoms with Crippen molar-refractivity contribution in [1.82, 2.24) is 0 Å². The van der Waals surface area contributed by atoms with Crippen molar-refractivity contribution in [2.75, 3.05) is 17.2 Å². The first-order valence-corrected chi connectivity index (χ1v) is 10.1. The van der Waals surface area contributed by atoms with Crippen molar-refractivity contribution in [2.24, 2.45) is 0 Å². The number of hydrogen-bond donors (Lipinski definition) is 2. The van der Waals surface area contributed by atoms with Crippen LogP contribution < -0.4 is 10.6 Å². The summed E-state index contributed by atoms with van der Waals surface area (Å²) in [5.74, 6) is -0.326. The van der Waals surface area contributed by atoms with E-state index < -0.39 is 0 Å². The zero-order valence-electron chi connectivity index (χ0n) is 16.0. The predicted octanol–water partition coefficient (Wildman–Crippen LogP) is 4.89. The molecule has 0 unspecified atom stereocenters. The van der Waals surface area contributed by atoms with Crippen molar-refractivity contribution >= 4 is 45.3 Å². The topological polar surface area (TPSA) is 59.6 Å². The van der Waals surface area contributed by atoms with E-state index in [0.29, 0.717) is 35.3 Å². The SMILES string of the molecule is CCOC(=O)c1c(NC(=S)Nc2ccc(C)cc2)sc2c1CC(C)(C)OC2. The third-order valence-electron chi connectivity index (χ3n) is 4.30. The van der Waals surface area contributed by atoms with E-state index in [0.717, 1.165) is 16.1 Å². The van der Waals surface area contributed by atoms with Crippen LogP contribution in [0.1, 0.15) is 47.1 Å². The molecular formula is C20H24N2O3S2. The highest BCUT2D eigenvalue weighted by Gasteiger charge is 2.34. The van der Waals surface area contributed by atoms with Gasteiger partial charge in [0.25, 0.3) is 0 Å². The van der Waals surface area contributed by atoms with Crippen molar-refractivity contribution in [3.63, 3.8) is 0 Å². The molecule has 0 saturated carbocycles. The number of thiocarbonyl (C=S) groups is 1. The standard InChI is InChI=1S/C20H24N2O3S2/c1-5-24-18(23)16-14-10-20(3,4)25-11-15(14)27-17(16)22-19(26)21-13-8-6-12(2)7-9-13/h6-9H,5,10-11H2,1-4H3,(H2,21,22,26). The summed E-state index contributed by atoms with van der Waals surface area (Å²) in [5, 5.41) is 7.47. The van der Waals surface area contributed by atoms with Crippen LogP contribution in [0.2, 0.25) is 0 Å². The quantitative estimate of drug-likeness (QED) is 0.559. The first-order valence-electron chi connectivity index (χ1n) is 8.89. The van der Waals surface area contributed by atoms with Crippen LogP contribution >= 0.6 is 23.6 Å². The van der Waals surface area contributed by atoms with E-state index in [-0.39, 0.29) is 11.6 Å². The molecule has 5 nitrogen and oxygen atoms in total. The van der Waals surface area contributed by atoms with E-state index in [1.54, 1.807) is 6.92 Å². The Balaban J connectivity index is 1.85. The fraction of sp³-hybridized carbons (Fsp3) is 0.400. The first-order chi connectivity index (χ1) is 12.8. The van der Waals surface area contributed by atoms with Crippen LogP contribution in [0.3, 0.4) is 0 Å². The zero-order valence-corrected chi connectivity index (χ0v) is 17.6. The molecule has 0 fully saturated rings. The number of hydrogen-bond acceptors (Lipinski definition) is 5. The number of anilines is 2. The van der Waals surface area contributed by atoms with Gasteiger partial charge in [-0.1, -0.05) is 17.7 Å². The van der Waals surface area contributed by atoms with Crippen LogP contribution in [0, 0.1) is 6.92 Å². The van der Waals surface area contributed by atoms with Gasteiger partial charge in [0.1, 0.15) is 5.00 Å². The van der Waals surface area contributed by atoms with Crippen LogP contribution in [0.5, 0.6) is 0 Å². The third kappa shape index (κ3) is 4.66. The molecule has 0 bridgehead atoms. The van der Waals surface area contributed by atoms with Crippen LogP contribution in [-0.4, -0.2) is 23.3 Å². The maximum atomic E-state index is 12.6. The zero-order chi connectivity index (χ0) is 19.6. The molecule has 3 rings (SSSR count). The van der Waals surface area contributed by atoms with Gasteiger partial charge in [0.2, 0.25) is 0 Å². The molecule has 0 aliphatic carbocycles. The van der Waals surface area contributed by atoms with E-state index in [9.17, 15) is 4.79 Å². The number of thiophene rings is 1. The van der Waals surface area contributed by atoms with Crippen molar-refractivity contribution in [2.45, 2.75) is 46.3 Å². The summed E-state index contributed by atoms with van der Waals surface area (Å²) in [4.78, 5) is 13.7. The molecule has 7 heteroatoms. The molecule has 144 valence electrons. The Kier molecular flexibility index (Phi) is 5.83. The summed E-state index contributed by atoms with van der Waals surface area (Å²) in [5.41, 5.74) is 3.32. The number of aryl methyl sites for hydroxylation is 1. The van der Waals surface area contributed by atoms with Crippen LogP contribution in [0.4, 0.5) is 10.7 Å². The van der Waals surface area contributed by atoms with Crippen molar-refractivity contribution in [1.29, 1.82) is 0 Å². The van der Waals surface area contributed by atoms with Crippen LogP contribution in [0.25, 0.3) is 0 Å². The summed E-state index contributed by atoms with van der Waals surface area (Å²) in [6.07, 6.45) is 0.660. The van der Waals surface area contributed by atoms with Gasteiger partial charge in [-0.15, -0.1) is 11.3 Å². The summed E-state index contributed by atoms with van der Waals surface area (Å²) >= 11 is 6.94. The Hall–Kier alpha value is -1.96. The van der Waals surface area contributed by atoms with Gasteiger partial charge in [0, 0.05) is 17.0 Å². The lowest BCUT2D eigenvalue weighted by atomic mass is 9.93. The van der Waals surface area contributed by atoms with Gasteiger partial charge in [-0.3, -0.25) is 0 Å². The predicted molar refractivity (Wildman–Crippen MR) is 114 cm³/mol. The Bertz CT molecular complexity index is 857. The molecule has 27 heavy (non-hydrogen) atoms. The molecular weight excluding hydrogens is 380 g/mol. The highest BCUT2D eigenvalue weighted by molar-refractivity contribution is 7.80. The molecule has 1 aromatic carbocycles. The van der Waals surface area contributed by atoms with E-state index in [2.05, 4.69) is 10.6 Å². The third-order valence-corrected chi connectivity index (χ3v) is 5.63. The van der Waals surface area contributed by atoms with E-state index in [1.807, 2.05) is 45.0 Å². The normalized spacial score (nSPS) is 15.0. The van der Waals surface area contributed by atoms with Gasteiger partial charge < -0.3 is 20.1 Å².